The van der Waals surface area contributed by atoms with Crippen LogP contribution in [0.2, 0.25) is 0 Å². The molecule has 1 atom stereocenters. The summed E-state index contributed by atoms with van der Waals surface area (Å²) in [7, 11) is -3.80. The van der Waals surface area contributed by atoms with E-state index in [1.54, 1.807) is 12.1 Å². The summed E-state index contributed by atoms with van der Waals surface area (Å²) in [6, 6.07) is 17.5. The molecule has 0 radical (unpaired) electrons. The lowest BCUT2D eigenvalue weighted by Crippen LogP contribution is -2.43. The van der Waals surface area contributed by atoms with Gasteiger partial charge in [-0.3, -0.25) is 0 Å². The highest BCUT2D eigenvalue weighted by Crippen LogP contribution is 2.43. The first-order valence-electron chi connectivity index (χ1n) is 12.9. The van der Waals surface area contributed by atoms with Crippen molar-refractivity contribution in [1.29, 1.82) is 0 Å². The van der Waals surface area contributed by atoms with E-state index in [4.69, 9.17) is 10.9 Å². The van der Waals surface area contributed by atoms with Crippen molar-refractivity contribution in [3.8, 4) is 11.1 Å². The van der Waals surface area contributed by atoms with Gasteiger partial charge in [0.2, 0.25) is 10.0 Å². The third-order valence-electron chi connectivity index (χ3n) is 7.93. The Morgan fingerprint density at radius 3 is 2.51 bits per heavy atom. The van der Waals surface area contributed by atoms with E-state index in [2.05, 4.69) is 25.6 Å². The number of fused-ring (bicyclic) bond motifs is 1. The number of anilines is 1. The summed E-state index contributed by atoms with van der Waals surface area (Å²) >= 11 is 0. The highest BCUT2D eigenvalue weighted by atomic mass is 32.2. The fourth-order valence-electron chi connectivity index (χ4n) is 5.78. The largest absolute Gasteiger partial charge is 0.383 e. The quantitative estimate of drug-likeness (QED) is 0.366. The predicted octanol–water partition coefficient (Wildman–Crippen LogP) is 3.91. The molecule has 0 spiro atoms. The number of hydrogen-bond acceptors (Lipinski definition) is 6. The van der Waals surface area contributed by atoms with Crippen molar-refractivity contribution < 1.29 is 8.42 Å². The first kappa shape index (κ1) is 24.1. The number of nitrogens with two attached hydrogens (primary N) is 2. The van der Waals surface area contributed by atoms with Gasteiger partial charge in [-0.2, -0.15) is 0 Å². The standard InChI is InChI=1S/C28H32N6O2S/c29-27-26-24(17-34(28(26)32-18-31-27)23-13-20(14-23)16-33-10-5-11-33)22-9-4-6-19(12-22)15-25(37(30,35)36)21-7-2-1-3-8-21/h1-4,6-9,12,17-18,20,23,25H,5,10-11,13-16H2,(H2,29,31,32)(H2,30,35,36). The van der Waals surface area contributed by atoms with Crippen LogP contribution >= 0.6 is 0 Å². The molecule has 192 valence electrons. The number of likely N-dealkylation sites (tertiary alicyclic amines) is 1. The molecule has 1 unspecified atom stereocenters. The summed E-state index contributed by atoms with van der Waals surface area (Å²) in [5.41, 5.74) is 10.7. The molecule has 3 heterocycles. The molecule has 2 aromatic heterocycles. The molecular weight excluding hydrogens is 484 g/mol. The molecule has 2 aliphatic rings. The Balaban J connectivity index is 1.32. The summed E-state index contributed by atoms with van der Waals surface area (Å²) in [5.74, 6) is 1.18. The van der Waals surface area contributed by atoms with Crippen molar-refractivity contribution in [1.82, 2.24) is 19.4 Å². The topological polar surface area (TPSA) is 120 Å². The van der Waals surface area contributed by atoms with E-state index in [9.17, 15) is 8.42 Å². The second-order valence-corrected chi connectivity index (χ2v) is 12.2. The number of benzene rings is 2. The van der Waals surface area contributed by atoms with Crippen LogP contribution < -0.4 is 10.9 Å². The van der Waals surface area contributed by atoms with E-state index in [0.29, 0.717) is 17.4 Å². The predicted molar refractivity (Wildman–Crippen MR) is 146 cm³/mol. The first-order valence-corrected chi connectivity index (χ1v) is 14.5. The molecule has 1 saturated heterocycles. The van der Waals surface area contributed by atoms with Crippen molar-refractivity contribution in [2.75, 3.05) is 25.4 Å². The van der Waals surface area contributed by atoms with Crippen LogP contribution in [-0.2, 0) is 16.4 Å². The summed E-state index contributed by atoms with van der Waals surface area (Å²) in [5, 5.41) is 5.67. The van der Waals surface area contributed by atoms with Gasteiger partial charge in [0.15, 0.2) is 0 Å². The van der Waals surface area contributed by atoms with E-state index in [1.807, 2.05) is 42.5 Å². The molecule has 1 aliphatic carbocycles. The highest BCUT2D eigenvalue weighted by molar-refractivity contribution is 7.89. The normalized spacial score (nSPS) is 20.9. The van der Waals surface area contributed by atoms with E-state index < -0.39 is 15.3 Å². The third kappa shape index (κ3) is 4.74. The molecule has 0 bridgehead atoms. The van der Waals surface area contributed by atoms with E-state index >= 15 is 0 Å². The van der Waals surface area contributed by atoms with Crippen LogP contribution in [0.4, 0.5) is 5.82 Å². The minimum absolute atomic E-state index is 0.280. The summed E-state index contributed by atoms with van der Waals surface area (Å²) in [6.45, 7) is 3.65. The molecule has 4 N–H and O–H groups in total. The fraction of sp³-hybridized carbons (Fsp3) is 0.357. The molecular formula is C28H32N6O2S. The lowest BCUT2D eigenvalue weighted by Gasteiger charge is -2.42. The number of hydrogen-bond donors (Lipinski definition) is 2. The average Bonchev–Trinajstić information content (AvgIpc) is 3.21. The number of rotatable bonds is 8. The SMILES string of the molecule is Nc1ncnc2c1c(-c1cccc(CC(c3ccccc3)S(N)(=O)=O)c1)cn2C1CC(CN2CCC2)C1. The van der Waals surface area contributed by atoms with E-state index in [-0.39, 0.29) is 6.42 Å². The van der Waals surface area contributed by atoms with Gasteiger partial charge < -0.3 is 15.2 Å². The van der Waals surface area contributed by atoms with Crippen molar-refractivity contribution in [2.24, 2.45) is 11.1 Å². The molecule has 9 heteroatoms. The zero-order valence-electron chi connectivity index (χ0n) is 20.7. The Bertz CT molecular complexity index is 1530. The maximum Gasteiger partial charge on any atom is 0.216 e. The lowest BCUT2D eigenvalue weighted by atomic mass is 9.79. The van der Waals surface area contributed by atoms with Gasteiger partial charge in [0.1, 0.15) is 23.0 Å². The van der Waals surface area contributed by atoms with Gasteiger partial charge in [-0.25, -0.2) is 23.5 Å². The smallest absolute Gasteiger partial charge is 0.216 e. The van der Waals surface area contributed by atoms with Gasteiger partial charge in [0.05, 0.1) is 5.39 Å². The molecule has 8 nitrogen and oxygen atoms in total. The van der Waals surface area contributed by atoms with Crippen LogP contribution in [0, 0.1) is 5.92 Å². The van der Waals surface area contributed by atoms with Crippen LogP contribution in [0.3, 0.4) is 0 Å². The molecule has 2 fully saturated rings. The minimum atomic E-state index is -3.80. The molecule has 2 aromatic carbocycles. The maximum absolute atomic E-state index is 12.5. The van der Waals surface area contributed by atoms with Crippen molar-refractivity contribution in [2.45, 2.75) is 37.0 Å². The van der Waals surface area contributed by atoms with E-state index in [1.165, 1.54) is 32.4 Å². The van der Waals surface area contributed by atoms with Crippen molar-refractivity contribution in [3.05, 3.63) is 78.2 Å². The monoisotopic (exact) mass is 516 g/mol. The minimum Gasteiger partial charge on any atom is -0.383 e. The van der Waals surface area contributed by atoms with Gasteiger partial charge in [0, 0.05) is 24.3 Å². The van der Waals surface area contributed by atoms with Gasteiger partial charge in [-0.1, -0.05) is 54.6 Å². The Morgan fingerprint density at radius 2 is 1.81 bits per heavy atom. The van der Waals surface area contributed by atoms with Crippen molar-refractivity contribution in [3.63, 3.8) is 0 Å². The fourth-order valence-corrected chi connectivity index (χ4v) is 6.74. The van der Waals surface area contributed by atoms with Crippen LogP contribution in [-0.4, -0.2) is 47.5 Å². The Hall–Kier alpha value is -3.27. The Morgan fingerprint density at radius 1 is 1.03 bits per heavy atom. The van der Waals surface area contributed by atoms with E-state index in [0.717, 1.165) is 46.5 Å². The average molecular weight is 517 g/mol. The Labute approximate surface area is 217 Å². The second-order valence-electron chi connectivity index (χ2n) is 10.4. The number of nitrogen functional groups attached to an aromatic ring is 1. The zero-order chi connectivity index (χ0) is 25.6. The highest BCUT2D eigenvalue weighted by Gasteiger charge is 2.34. The molecule has 1 saturated carbocycles. The van der Waals surface area contributed by atoms with Crippen LogP contribution in [0.5, 0.6) is 0 Å². The van der Waals surface area contributed by atoms with Gasteiger partial charge in [-0.15, -0.1) is 0 Å². The molecule has 1 aliphatic heterocycles. The number of primary sulfonamides is 1. The molecule has 4 aromatic rings. The van der Waals surface area contributed by atoms with Gasteiger partial charge in [0.25, 0.3) is 0 Å². The number of sulfonamides is 1. The Kier molecular flexibility index (Phi) is 6.22. The van der Waals surface area contributed by atoms with Gasteiger partial charge in [-0.05, 0) is 61.4 Å². The zero-order valence-corrected chi connectivity index (χ0v) is 21.5. The maximum atomic E-state index is 12.5. The summed E-state index contributed by atoms with van der Waals surface area (Å²) < 4.78 is 27.2. The summed E-state index contributed by atoms with van der Waals surface area (Å²) in [4.78, 5) is 11.4. The first-order chi connectivity index (χ1) is 17.9. The van der Waals surface area contributed by atoms with Crippen LogP contribution in [0.1, 0.15) is 41.7 Å². The van der Waals surface area contributed by atoms with Gasteiger partial charge >= 0.3 is 0 Å². The lowest BCUT2D eigenvalue weighted by molar-refractivity contribution is 0.0921. The second kappa shape index (κ2) is 9.55. The molecule has 37 heavy (non-hydrogen) atoms. The van der Waals surface area contributed by atoms with Crippen molar-refractivity contribution >= 4 is 26.9 Å². The third-order valence-corrected chi connectivity index (χ3v) is 9.17. The molecule has 6 rings (SSSR count). The number of nitrogens with zero attached hydrogens (tertiary/aromatic N) is 4. The number of aromatic nitrogens is 3. The van der Waals surface area contributed by atoms with Crippen LogP contribution in [0.25, 0.3) is 22.2 Å². The molecule has 0 amide bonds. The van der Waals surface area contributed by atoms with Crippen LogP contribution in [0.15, 0.2) is 67.1 Å². The summed E-state index contributed by atoms with van der Waals surface area (Å²) in [6.07, 6.45) is 7.55.